The minimum Gasteiger partial charge on any atom is -0.380 e. The van der Waals surface area contributed by atoms with Gasteiger partial charge in [0.15, 0.2) is 11.6 Å². The van der Waals surface area contributed by atoms with E-state index in [4.69, 9.17) is 0 Å². The van der Waals surface area contributed by atoms with Crippen LogP contribution in [0.15, 0.2) is 131 Å². The molecular formula is C74H97N11O10. The molecule has 0 bridgehead atoms. The van der Waals surface area contributed by atoms with E-state index in [0.29, 0.717) is 133 Å². The Labute approximate surface area is 557 Å². The van der Waals surface area contributed by atoms with E-state index in [1.165, 1.54) is 0 Å². The van der Waals surface area contributed by atoms with E-state index >= 15 is 14.4 Å². The number of fused-ring (bicyclic) bond motifs is 2. The van der Waals surface area contributed by atoms with E-state index in [1.807, 2.05) is 135 Å². The molecule has 0 aromatic heterocycles. The molecule has 0 aliphatic carbocycles. The molecule has 0 unspecified atom stereocenters. The highest BCUT2D eigenvalue weighted by Crippen LogP contribution is 2.39. The van der Waals surface area contributed by atoms with Gasteiger partial charge in [0.05, 0.1) is 18.1 Å². The summed E-state index contributed by atoms with van der Waals surface area (Å²) < 4.78 is 0. The Morgan fingerprint density at radius 2 is 0.989 bits per heavy atom. The second kappa shape index (κ2) is 34.3. The fraction of sp³-hybridized carbons (Fsp3) is 0.514. The highest BCUT2D eigenvalue weighted by atomic mass is 16.2. The maximum Gasteiger partial charge on any atom is 0.253 e. The van der Waals surface area contributed by atoms with Crippen LogP contribution in [0.25, 0.3) is 0 Å². The van der Waals surface area contributed by atoms with Crippen LogP contribution in [0.3, 0.4) is 0 Å². The molecule has 21 heteroatoms. The van der Waals surface area contributed by atoms with Crippen molar-refractivity contribution in [1.82, 2.24) is 47.0 Å². The second-order valence-corrected chi connectivity index (χ2v) is 26.1. The number of unbranched alkanes of at least 4 members (excludes halogenated alkanes) is 2. The zero-order valence-electron chi connectivity index (χ0n) is 55.6. The molecule has 4 heterocycles. The monoisotopic (exact) mass is 1300 g/mol. The van der Waals surface area contributed by atoms with Crippen molar-refractivity contribution in [1.29, 1.82) is 0 Å². The fourth-order valence-electron chi connectivity index (χ4n) is 14.7. The Morgan fingerprint density at radius 1 is 0.516 bits per heavy atom. The number of carbonyl (C=O) groups excluding carboxylic acids is 8. The number of rotatable bonds is 35. The quantitative estimate of drug-likeness (QED) is 0.0174. The second-order valence-electron chi connectivity index (χ2n) is 26.1. The summed E-state index contributed by atoms with van der Waals surface area (Å²) in [6.07, 6.45) is 8.53. The molecule has 6 amide bonds. The first-order valence-electron chi connectivity index (χ1n) is 34.6. The van der Waals surface area contributed by atoms with Gasteiger partial charge >= 0.3 is 0 Å². The third-order valence-corrected chi connectivity index (χ3v) is 20.1. The Kier molecular flexibility index (Phi) is 25.6. The number of benzene rings is 4. The molecule has 9 rings (SSSR count). The number of anilines is 2. The average Bonchev–Trinajstić information content (AvgIpc) is 1.69. The number of hydrogen-bond acceptors (Lipinski definition) is 15. The summed E-state index contributed by atoms with van der Waals surface area (Å²) >= 11 is 0. The molecule has 508 valence electrons. The normalized spacial score (nSPS) is 21.7. The van der Waals surface area contributed by atoms with Crippen molar-refractivity contribution in [2.75, 3.05) is 50.9 Å². The summed E-state index contributed by atoms with van der Waals surface area (Å²) in [5.74, 6) is -2.90. The van der Waals surface area contributed by atoms with Crippen LogP contribution in [0.4, 0.5) is 11.4 Å². The van der Waals surface area contributed by atoms with Crippen LogP contribution in [0.5, 0.6) is 0 Å². The highest BCUT2D eigenvalue weighted by Gasteiger charge is 2.52. The zero-order valence-corrected chi connectivity index (χ0v) is 55.6. The smallest absolute Gasteiger partial charge is 0.253 e. The highest BCUT2D eigenvalue weighted by molar-refractivity contribution is 6.00. The van der Waals surface area contributed by atoms with E-state index in [1.54, 1.807) is 23.9 Å². The maximum atomic E-state index is 15.2. The molecule has 4 fully saturated rings. The number of aryl methyl sites for hydroxylation is 1. The van der Waals surface area contributed by atoms with Crippen molar-refractivity contribution < 1.29 is 38.4 Å². The Morgan fingerprint density at radius 3 is 1.52 bits per heavy atom. The molecule has 0 saturated carbocycles. The largest absolute Gasteiger partial charge is 0.380 e. The molecule has 0 spiro atoms. The van der Waals surface area contributed by atoms with Gasteiger partial charge in [-0.05, 0) is 126 Å². The Hall–Kier alpha value is -8.40. The van der Waals surface area contributed by atoms with Crippen LogP contribution in [0.1, 0.15) is 145 Å². The first-order chi connectivity index (χ1) is 46.1. The Bertz CT molecular complexity index is 3430. The van der Waals surface area contributed by atoms with Gasteiger partial charge in [0.1, 0.15) is 35.0 Å². The molecule has 4 aliphatic rings. The predicted octanol–water partition coefficient (Wildman–Crippen LogP) is 5.69. The van der Waals surface area contributed by atoms with Crippen LogP contribution >= 0.6 is 0 Å². The topological polar surface area (TPSA) is 285 Å². The van der Waals surface area contributed by atoms with Gasteiger partial charge in [-0.25, -0.2) is 0 Å². The maximum absolute atomic E-state index is 15.2. The van der Waals surface area contributed by atoms with Crippen LogP contribution in [0, 0.1) is 11.8 Å². The molecule has 4 aliphatic heterocycles. The van der Waals surface area contributed by atoms with E-state index in [9.17, 15) is 33.6 Å². The van der Waals surface area contributed by atoms with Gasteiger partial charge in [-0.15, -0.1) is 0 Å². The standard InChI is InChI=1S/C74H97N11O10/c1-5-56(75-3)69(91)81-63-50(46-77-45-49-25-14-8-15-26-49)34-36-55-39-41-59(85(55)73(63)95)71(93)83-74(52-27-16-9-17-28-52,53-29-18-10-19-30-53)61(87)31-20-11-21-43-78-65-66(68(90)67(65)89)79-44-22-32-62(88)80-47-51-35-37-54-38-40-58(60(86)42-33-48-23-12-7-13-24-48)84(54)72(94)64(51)82-70(92)57(6-2)76-4/h7-10,12-19,23-30,50-51,54-59,63-64,75-79H,5-6,11,20-22,31-47H2,1-4H3,(H,80,88)(H,81,91)(H,82,92)(H,83,93)/t50-,51-,54+,55+,56+,57+,58+,59+,63+,64+/m1/s1. The molecule has 10 atom stereocenters. The number of amides is 6. The molecule has 95 heavy (non-hydrogen) atoms. The Balaban J connectivity index is 0.780. The molecule has 0 radical (unpaired) electrons. The summed E-state index contributed by atoms with van der Waals surface area (Å²) in [6, 6.07) is 33.2. The lowest BCUT2D eigenvalue weighted by Gasteiger charge is -2.38. The van der Waals surface area contributed by atoms with Gasteiger partial charge in [0.25, 0.3) is 10.9 Å². The minimum atomic E-state index is -1.63. The molecule has 21 nitrogen and oxygen atoms in total. The lowest BCUT2D eigenvalue weighted by Crippen LogP contribution is -2.61. The third kappa shape index (κ3) is 17.2. The van der Waals surface area contributed by atoms with Gasteiger partial charge in [0, 0.05) is 75.9 Å². The summed E-state index contributed by atoms with van der Waals surface area (Å²) in [5, 5.41) is 28.1. The van der Waals surface area contributed by atoms with Crippen molar-refractivity contribution >= 4 is 58.4 Å². The average molecular weight is 1300 g/mol. The first kappa shape index (κ1) is 70.9. The van der Waals surface area contributed by atoms with Crippen LogP contribution in [-0.4, -0.2) is 145 Å². The van der Waals surface area contributed by atoms with E-state index in [0.717, 1.165) is 11.1 Å². The minimum absolute atomic E-state index is 0.00138. The van der Waals surface area contributed by atoms with E-state index in [2.05, 4.69) is 47.9 Å². The number of nitrogens with one attached hydrogen (secondary N) is 9. The van der Waals surface area contributed by atoms with Crippen LogP contribution in [-0.2, 0) is 56.9 Å². The van der Waals surface area contributed by atoms with Gasteiger partial charge in [-0.3, -0.25) is 47.9 Å². The number of carbonyl (C=O) groups is 8. The third-order valence-electron chi connectivity index (χ3n) is 20.1. The van der Waals surface area contributed by atoms with Crippen molar-refractivity contribution in [2.24, 2.45) is 11.8 Å². The van der Waals surface area contributed by atoms with Gasteiger partial charge in [0.2, 0.25) is 35.4 Å². The number of nitrogens with zero attached hydrogens (tertiary/aromatic N) is 2. The van der Waals surface area contributed by atoms with Gasteiger partial charge in [-0.2, -0.15) is 0 Å². The van der Waals surface area contributed by atoms with Gasteiger partial charge in [-0.1, -0.05) is 142 Å². The van der Waals surface area contributed by atoms with Crippen molar-refractivity contribution in [3.63, 3.8) is 0 Å². The number of hydrogen-bond donors (Lipinski definition) is 9. The SMILES string of the molecule is CC[C@H](NC)C(=O)N[C@@H]1C(=O)N2[C@@H](CC[C@@H]1CNC(=O)CCCNc1c(NCCCCCC(=O)C(NC(=O)[C@@H]3CC[C@@H]4CC[C@H](CNCc5ccccc5)[C@H](NC(=O)[C@H](CC)NC)C(=O)N43)(c3ccccc3)c3ccccc3)c(=O)c1=O)CC[C@H]2C(=O)CCc1ccccc1. The lowest BCUT2D eigenvalue weighted by molar-refractivity contribution is -0.144. The molecule has 5 aromatic rings. The van der Waals surface area contributed by atoms with Crippen LogP contribution in [0.2, 0.25) is 0 Å². The fourth-order valence-corrected chi connectivity index (χ4v) is 14.7. The lowest BCUT2D eigenvalue weighted by atomic mass is 9.77. The number of likely N-dealkylation sites (N-methyl/N-ethyl adjacent to an activating group) is 2. The molecule has 4 saturated heterocycles. The van der Waals surface area contributed by atoms with Crippen molar-refractivity contribution in [2.45, 2.75) is 190 Å². The molecular weight excluding hydrogens is 1200 g/mol. The van der Waals surface area contributed by atoms with Crippen molar-refractivity contribution in [3.05, 3.63) is 164 Å². The molecule has 5 aromatic carbocycles. The summed E-state index contributed by atoms with van der Waals surface area (Å²) in [6.45, 7) is 5.50. The summed E-state index contributed by atoms with van der Waals surface area (Å²) in [5.41, 5.74) is 0.615. The molecule has 9 N–H and O–H groups in total. The van der Waals surface area contributed by atoms with Crippen molar-refractivity contribution in [3.8, 4) is 0 Å². The predicted molar refractivity (Wildman–Crippen MR) is 367 cm³/mol. The first-order valence-corrected chi connectivity index (χ1v) is 34.6. The summed E-state index contributed by atoms with van der Waals surface area (Å²) in [4.78, 5) is 144. The van der Waals surface area contributed by atoms with E-state index in [-0.39, 0.29) is 96.4 Å². The number of ketones is 2. The zero-order chi connectivity index (χ0) is 67.4. The van der Waals surface area contributed by atoms with E-state index < -0.39 is 64.5 Å². The van der Waals surface area contributed by atoms with Gasteiger partial charge < -0.3 is 57.7 Å². The van der Waals surface area contributed by atoms with Crippen LogP contribution < -0.4 is 58.7 Å². The summed E-state index contributed by atoms with van der Waals surface area (Å²) in [7, 11) is 3.40. The number of Topliss-reactive ketones (excluding diaryl/α,β-unsaturated/α-hetero) is 2.